The SMILES string of the molecule is Cc1cnccc1CC1CCCCCN1. The van der Waals surface area contributed by atoms with Crippen LogP contribution in [0.15, 0.2) is 18.5 Å². The number of aromatic nitrogens is 1. The summed E-state index contributed by atoms with van der Waals surface area (Å²) in [7, 11) is 0. The number of rotatable bonds is 2. The fourth-order valence-electron chi connectivity index (χ4n) is 2.27. The van der Waals surface area contributed by atoms with Crippen LogP contribution in [0.25, 0.3) is 0 Å². The van der Waals surface area contributed by atoms with Crippen molar-refractivity contribution in [3.05, 3.63) is 29.6 Å². The van der Waals surface area contributed by atoms with Gasteiger partial charge in [-0.2, -0.15) is 0 Å². The van der Waals surface area contributed by atoms with E-state index in [-0.39, 0.29) is 0 Å². The maximum Gasteiger partial charge on any atom is 0.0299 e. The van der Waals surface area contributed by atoms with Crippen LogP contribution in [0.1, 0.15) is 36.8 Å². The molecule has 1 aromatic rings. The summed E-state index contributed by atoms with van der Waals surface area (Å²) in [4.78, 5) is 4.14. The average Bonchev–Trinajstić information content (AvgIpc) is 2.50. The van der Waals surface area contributed by atoms with Gasteiger partial charge in [0, 0.05) is 18.4 Å². The summed E-state index contributed by atoms with van der Waals surface area (Å²) in [6.07, 6.45) is 10.5. The van der Waals surface area contributed by atoms with E-state index < -0.39 is 0 Å². The van der Waals surface area contributed by atoms with Gasteiger partial charge in [0.1, 0.15) is 0 Å². The van der Waals surface area contributed by atoms with Gasteiger partial charge in [0.05, 0.1) is 0 Å². The highest BCUT2D eigenvalue weighted by atomic mass is 14.9. The van der Waals surface area contributed by atoms with Crippen molar-refractivity contribution in [2.75, 3.05) is 6.54 Å². The van der Waals surface area contributed by atoms with Crippen molar-refractivity contribution in [3.8, 4) is 0 Å². The molecule has 2 rings (SSSR count). The molecule has 0 radical (unpaired) electrons. The first-order valence-corrected chi connectivity index (χ1v) is 5.99. The number of hydrogen-bond donors (Lipinski definition) is 1. The predicted octanol–water partition coefficient (Wildman–Crippen LogP) is 2.46. The Bertz CT molecular complexity index is 301. The molecule has 0 aromatic carbocycles. The fraction of sp³-hybridized carbons (Fsp3) is 0.615. The topological polar surface area (TPSA) is 24.9 Å². The lowest BCUT2D eigenvalue weighted by Gasteiger charge is -2.16. The summed E-state index contributed by atoms with van der Waals surface area (Å²) >= 11 is 0. The molecule has 0 amide bonds. The molecule has 0 saturated carbocycles. The van der Waals surface area contributed by atoms with Crippen LogP contribution in [0.2, 0.25) is 0 Å². The van der Waals surface area contributed by atoms with Gasteiger partial charge in [-0.1, -0.05) is 12.8 Å². The molecule has 2 heterocycles. The maximum atomic E-state index is 4.14. The van der Waals surface area contributed by atoms with Crippen molar-refractivity contribution < 1.29 is 0 Å². The Kier molecular flexibility index (Phi) is 3.73. The Morgan fingerprint density at radius 2 is 2.33 bits per heavy atom. The van der Waals surface area contributed by atoms with E-state index in [1.165, 1.54) is 43.4 Å². The molecule has 1 N–H and O–H groups in total. The molecule has 0 spiro atoms. The molecule has 1 aliphatic rings. The normalized spacial score (nSPS) is 22.3. The summed E-state index contributed by atoms with van der Waals surface area (Å²) in [5, 5.41) is 3.64. The van der Waals surface area contributed by atoms with Crippen LogP contribution in [0.3, 0.4) is 0 Å². The predicted molar refractivity (Wildman–Crippen MR) is 62.9 cm³/mol. The lowest BCUT2D eigenvalue weighted by molar-refractivity contribution is 0.506. The van der Waals surface area contributed by atoms with Gasteiger partial charge in [-0.25, -0.2) is 0 Å². The first-order valence-electron chi connectivity index (χ1n) is 5.99. The summed E-state index contributed by atoms with van der Waals surface area (Å²) in [6, 6.07) is 2.83. The molecule has 2 nitrogen and oxygen atoms in total. The molecule has 0 aliphatic carbocycles. The van der Waals surface area contributed by atoms with E-state index in [4.69, 9.17) is 0 Å². The minimum absolute atomic E-state index is 0.675. The Balaban J connectivity index is 1.98. The quantitative estimate of drug-likeness (QED) is 0.800. The highest BCUT2D eigenvalue weighted by molar-refractivity contribution is 5.22. The minimum atomic E-state index is 0.675. The van der Waals surface area contributed by atoms with Crippen molar-refractivity contribution in [1.29, 1.82) is 0 Å². The van der Waals surface area contributed by atoms with Gasteiger partial charge in [0.25, 0.3) is 0 Å². The smallest absolute Gasteiger partial charge is 0.0299 e. The number of aryl methyl sites for hydroxylation is 1. The van der Waals surface area contributed by atoms with Crippen molar-refractivity contribution in [2.24, 2.45) is 0 Å². The molecule has 82 valence electrons. The number of nitrogens with zero attached hydrogens (tertiary/aromatic N) is 1. The van der Waals surface area contributed by atoms with E-state index in [0.717, 1.165) is 6.42 Å². The minimum Gasteiger partial charge on any atom is -0.314 e. The summed E-state index contributed by atoms with van der Waals surface area (Å²) in [5.41, 5.74) is 2.77. The molecule has 1 unspecified atom stereocenters. The zero-order valence-corrected chi connectivity index (χ0v) is 9.50. The first kappa shape index (κ1) is 10.6. The van der Waals surface area contributed by atoms with Gasteiger partial charge in [-0.3, -0.25) is 4.98 Å². The lowest BCUT2D eigenvalue weighted by Crippen LogP contribution is -2.30. The second-order valence-corrected chi connectivity index (χ2v) is 4.51. The fourth-order valence-corrected chi connectivity index (χ4v) is 2.27. The van der Waals surface area contributed by atoms with Crippen molar-refractivity contribution in [2.45, 2.75) is 45.1 Å². The molecular weight excluding hydrogens is 184 g/mol. The second kappa shape index (κ2) is 5.26. The monoisotopic (exact) mass is 204 g/mol. The molecule has 1 aliphatic heterocycles. The van der Waals surface area contributed by atoms with Crippen LogP contribution in [0.4, 0.5) is 0 Å². The molecule has 1 fully saturated rings. The van der Waals surface area contributed by atoms with Gasteiger partial charge in [0.15, 0.2) is 0 Å². The van der Waals surface area contributed by atoms with Crippen molar-refractivity contribution in [3.63, 3.8) is 0 Å². The van der Waals surface area contributed by atoms with Gasteiger partial charge >= 0.3 is 0 Å². The molecule has 0 bridgehead atoms. The van der Waals surface area contributed by atoms with Crippen LogP contribution in [0.5, 0.6) is 0 Å². The second-order valence-electron chi connectivity index (χ2n) is 4.51. The molecule has 15 heavy (non-hydrogen) atoms. The largest absolute Gasteiger partial charge is 0.314 e. The number of pyridine rings is 1. The van der Waals surface area contributed by atoms with E-state index in [2.05, 4.69) is 23.3 Å². The zero-order valence-electron chi connectivity index (χ0n) is 9.50. The third-order valence-electron chi connectivity index (χ3n) is 3.27. The van der Waals surface area contributed by atoms with Gasteiger partial charge in [-0.15, -0.1) is 0 Å². The molecule has 1 atom stereocenters. The van der Waals surface area contributed by atoms with Crippen LogP contribution in [0, 0.1) is 6.92 Å². The Hall–Kier alpha value is -0.890. The Morgan fingerprint density at radius 1 is 1.40 bits per heavy atom. The summed E-state index contributed by atoms with van der Waals surface area (Å²) < 4.78 is 0. The maximum absolute atomic E-state index is 4.14. The van der Waals surface area contributed by atoms with Crippen LogP contribution >= 0.6 is 0 Å². The third-order valence-corrected chi connectivity index (χ3v) is 3.27. The number of nitrogens with one attached hydrogen (secondary N) is 1. The highest BCUT2D eigenvalue weighted by Gasteiger charge is 2.12. The van der Waals surface area contributed by atoms with Gasteiger partial charge < -0.3 is 5.32 Å². The van der Waals surface area contributed by atoms with Crippen LogP contribution < -0.4 is 5.32 Å². The molecule has 1 aromatic heterocycles. The van der Waals surface area contributed by atoms with E-state index >= 15 is 0 Å². The summed E-state index contributed by atoms with van der Waals surface area (Å²) in [5.74, 6) is 0. The van der Waals surface area contributed by atoms with E-state index in [1.54, 1.807) is 0 Å². The average molecular weight is 204 g/mol. The third kappa shape index (κ3) is 3.03. The van der Waals surface area contributed by atoms with Gasteiger partial charge in [0.2, 0.25) is 0 Å². The van der Waals surface area contributed by atoms with E-state index in [0.29, 0.717) is 6.04 Å². The Labute approximate surface area is 92.1 Å². The highest BCUT2D eigenvalue weighted by Crippen LogP contribution is 2.14. The molecular formula is C13H20N2. The van der Waals surface area contributed by atoms with Crippen LogP contribution in [-0.4, -0.2) is 17.6 Å². The number of hydrogen-bond acceptors (Lipinski definition) is 2. The standard InChI is InChI=1S/C13H20N2/c1-11-10-14-8-6-12(11)9-13-5-3-2-4-7-15-13/h6,8,10,13,15H,2-5,7,9H2,1H3. The van der Waals surface area contributed by atoms with Crippen molar-refractivity contribution >= 4 is 0 Å². The van der Waals surface area contributed by atoms with Crippen molar-refractivity contribution in [1.82, 2.24) is 10.3 Å². The van der Waals surface area contributed by atoms with E-state index in [9.17, 15) is 0 Å². The summed E-state index contributed by atoms with van der Waals surface area (Å²) in [6.45, 7) is 3.34. The van der Waals surface area contributed by atoms with Crippen LogP contribution in [-0.2, 0) is 6.42 Å². The molecule has 2 heteroatoms. The Morgan fingerprint density at radius 3 is 3.20 bits per heavy atom. The van der Waals surface area contributed by atoms with Gasteiger partial charge in [-0.05, 0) is 49.9 Å². The first-order chi connectivity index (χ1) is 7.36. The zero-order chi connectivity index (χ0) is 10.5. The lowest BCUT2D eigenvalue weighted by atomic mass is 10.00. The van der Waals surface area contributed by atoms with E-state index in [1.807, 2.05) is 12.4 Å². The molecule has 1 saturated heterocycles.